The van der Waals surface area contributed by atoms with E-state index in [4.69, 9.17) is 16.0 Å². The van der Waals surface area contributed by atoms with Crippen molar-refractivity contribution in [2.45, 2.75) is 9.99 Å². The van der Waals surface area contributed by atoms with E-state index in [0.717, 1.165) is 5.39 Å². The number of hydrogen-bond donors (Lipinski definition) is 2. The van der Waals surface area contributed by atoms with Crippen LogP contribution >= 0.6 is 11.6 Å². The van der Waals surface area contributed by atoms with Crippen molar-refractivity contribution >= 4 is 55.3 Å². The van der Waals surface area contributed by atoms with Gasteiger partial charge in [0.15, 0.2) is 0 Å². The van der Waals surface area contributed by atoms with Crippen LogP contribution in [0.1, 0.15) is 0 Å². The molecule has 0 saturated carbocycles. The molecule has 1 unspecified atom stereocenters. The lowest BCUT2D eigenvalue weighted by molar-refractivity contribution is 0.484. The fraction of sp³-hybridized carbons (Fsp3) is 0. The van der Waals surface area contributed by atoms with E-state index in [2.05, 4.69) is 9.44 Å². The lowest BCUT2D eigenvalue weighted by Crippen LogP contribution is -2.17. The summed E-state index contributed by atoms with van der Waals surface area (Å²) in [4.78, 5) is 0.0649. The van der Waals surface area contributed by atoms with Gasteiger partial charge < -0.3 is 8.97 Å². The summed E-state index contributed by atoms with van der Waals surface area (Å²) in [5, 5.41) is 1.50. The zero-order valence-corrected chi connectivity index (χ0v) is 17.2. The predicted octanol–water partition coefficient (Wildman–Crippen LogP) is 5.02. The van der Waals surface area contributed by atoms with Gasteiger partial charge in [0.1, 0.15) is 22.6 Å². The molecule has 4 aromatic rings. The molecule has 3 aromatic carbocycles. The summed E-state index contributed by atoms with van der Waals surface area (Å²) in [6.45, 7) is 0. The average molecular weight is 447 g/mol. The van der Waals surface area contributed by atoms with E-state index < -0.39 is 21.4 Å². The quantitative estimate of drug-likeness (QED) is 0.405. The molecule has 1 aromatic heterocycles. The summed E-state index contributed by atoms with van der Waals surface area (Å²) in [5.41, 5.74) is 1.23. The lowest BCUT2D eigenvalue weighted by Gasteiger charge is -2.14. The van der Waals surface area contributed by atoms with Gasteiger partial charge in [-0.15, -0.1) is 0 Å². The topological polar surface area (TPSA) is 94.4 Å². The fourth-order valence-electron chi connectivity index (χ4n) is 2.68. The Morgan fingerprint density at radius 3 is 2.28 bits per heavy atom. The molecule has 0 aliphatic carbocycles. The summed E-state index contributed by atoms with van der Waals surface area (Å²) >= 11 is 4.10. The number of benzene rings is 3. The minimum Gasteiger partial charge on any atom is -0.585 e. The van der Waals surface area contributed by atoms with Crippen LogP contribution in [-0.2, 0) is 21.4 Å². The van der Waals surface area contributed by atoms with Crippen LogP contribution in [-0.4, -0.2) is 13.0 Å². The normalized spacial score (nSPS) is 12.6. The Kier molecular flexibility index (Phi) is 5.42. The Balaban J connectivity index is 1.58. The molecule has 4 rings (SSSR count). The molecule has 29 heavy (non-hydrogen) atoms. The highest BCUT2D eigenvalue weighted by Crippen LogP contribution is 2.29. The lowest BCUT2D eigenvalue weighted by atomic mass is 10.3. The van der Waals surface area contributed by atoms with Crippen molar-refractivity contribution < 1.29 is 17.4 Å². The molecule has 0 aliphatic heterocycles. The number of halogens is 1. The summed E-state index contributed by atoms with van der Waals surface area (Å²) in [6, 6.07) is 21.4. The molecule has 6 nitrogen and oxygen atoms in total. The third-order valence-electron chi connectivity index (χ3n) is 4.08. The van der Waals surface area contributed by atoms with E-state index in [9.17, 15) is 13.0 Å². The number of sulfonamides is 1. The Bertz CT molecular complexity index is 1220. The van der Waals surface area contributed by atoms with E-state index in [1.165, 1.54) is 24.3 Å². The van der Waals surface area contributed by atoms with Gasteiger partial charge in [0.25, 0.3) is 10.0 Å². The smallest absolute Gasteiger partial charge is 0.339 e. The first-order valence-corrected chi connectivity index (χ1v) is 11.5. The number of hydrogen-bond acceptors (Lipinski definition) is 5. The van der Waals surface area contributed by atoms with Gasteiger partial charge in [-0.05, 0) is 42.5 Å². The summed E-state index contributed by atoms with van der Waals surface area (Å²) in [5.74, 6) is 0. The van der Waals surface area contributed by atoms with Crippen LogP contribution in [0.5, 0.6) is 0 Å². The van der Waals surface area contributed by atoms with Crippen molar-refractivity contribution in [1.29, 1.82) is 0 Å². The average Bonchev–Trinajstić information content (AvgIpc) is 3.14. The van der Waals surface area contributed by atoms with Gasteiger partial charge >= 0.3 is 5.09 Å². The summed E-state index contributed by atoms with van der Waals surface area (Å²) in [7, 11) is -3.84. The van der Waals surface area contributed by atoms with Gasteiger partial charge in [-0.25, -0.2) is 8.42 Å². The van der Waals surface area contributed by atoms with Gasteiger partial charge in [0.05, 0.1) is 10.6 Å². The number of anilines is 2. The van der Waals surface area contributed by atoms with Crippen LogP contribution < -0.4 is 9.44 Å². The molecule has 0 spiro atoms. The van der Waals surface area contributed by atoms with E-state index in [1.807, 2.05) is 18.2 Å². The van der Waals surface area contributed by atoms with Crippen LogP contribution in [0.15, 0.2) is 93.3 Å². The third-order valence-corrected chi connectivity index (χ3v) is 6.69. The Labute approximate surface area is 175 Å². The zero-order chi connectivity index (χ0) is 20.4. The van der Waals surface area contributed by atoms with Crippen molar-refractivity contribution in [3.8, 4) is 0 Å². The standard InChI is InChI=1S/C20H15ClN2O4S2/c21-15-9-11-16(12-10-15)29(25,26)23-18-7-3-2-6-17(18)22-28(24)20-13-14-5-1-4-8-19(14)27-20/h1-13,22-23H. The number of rotatable bonds is 6. The van der Waals surface area contributed by atoms with E-state index >= 15 is 0 Å². The first-order valence-electron chi connectivity index (χ1n) is 8.47. The maximum atomic E-state index is 12.7. The van der Waals surface area contributed by atoms with Crippen LogP contribution in [0.2, 0.25) is 5.02 Å². The molecule has 9 heteroatoms. The Hall–Kier alpha value is -2.65. The minimum atomic E-state index is -3.84. The van der Waals surface area contributed by atoms with Crippen molar-refractivity contribution in [1.82, 2.24) is 0 Å². The van der Waals surface area contributed by atoms with Crippen molar-refractivity contribution in [3.63, 3.8) is 0 Å². The van der Waals surface area contributed by atoms with E-state index in [1.54, 1.807) is 36.4 Å². The second kappa shape index (κ2) is 8.00. The molecule has 0 fully saturated rings. The molecule has 0 aliphatic rings. The highest BCUT2D eigenvalue weighted by atomic mass is 35.5. The Morgan fingerprint density at radius 1 is 0.897 bits per heavy atom. The Morgan fingerprint density at radius 2 is 1.55 bits per heavy atom. The number of nitrogens with one attached hydrogen (secondary N) is 2. The van der Waals surface area contributed by atoms with E-state index in [0.29, 0.717) is 16.3 Å². The molecule has 0 radical (unpaired) electrons. The molecule has 0 bridgehead atoms. The van der Waals surface area contributed by atoms with Crippen LogP contribution in [0.3, 0.4) is 0 Å². The second-order valence-electron chi connectivity index (χ2n) is 6.08. The van der Waals surface area contributed by atoms with Crippen LogP contribution in [0, 0.1) is 0 Å². The maximum absolute atomic E-state index is 12.7. The van der Waals surface area contributed by atoms with Crippen molar-refractivity contribution in [2.24, 2.45) is 0 Å². The number of para-hydroxylation sites is 3. The maximum Gasteiger partial charge on any atom is 0.339 e. The van der Waals surface area contributed by atoms with Gasteiger partial charge in [-0.1, -0.05) is 41.9 Å². The molecular formula is C20H15ClN2O4S2. The second-order valence-corrected chi connectivity index (χ2v) is 9.34. The third kappa shape index (κ3) is 4.35. The van der Waals surface area contributed by atoms with Crippen LogP contribution in [0.25, 0.3) is 11.0 Å². The molecule has 148 valence electrons. The molecular weight excluding hydrogens is 432 g/mol. The fourth-order valence-corrected chi connectivity index (χ4v) is 4.76. The summed E-state index contributed by atoms with van der Waals surface area (Å²) < 4.78 is 49.0. The zero-order valence-electron chi connectivity index (χ0n) is 14.8. The van der Waals surface area contributed by atoms with Gasteiger partial charge in [-0.3, -0.25) is 4.72 Å². The highest BCUT2D eigenvalue weighted by molar-refractivity contribution is 7.93. The molecule has 0 saturated heterocycles. The number of fused-ring (bicyclic) bond motifs is 1. The monoisotopic (exact) mass is 446 g/mol. The van der Waals surface area contributed by atoms with Crippen molar-refractivity contribution in [3.05, 3.63) is 83.9 Å². The van der Waals surface area contributed by atoms with Gasteiger partial charge in [0, 0.05) is 16.5 Å². The SMILES string of the molecule is O=S(=O)(Nc1ccccc1N[S+]([O-])c1cc2ccccc2o1)c1ccc(Cl)cc1. The first-order chi connectivity index (χ1) is 13.9. The number of furan rings is 1. The molecule has 1 atom stereocenters. The molecule has 2 N–H and O–H groups in total. The minimum absolute atomic E-state index is 0.0649. The molecule has 1 heterocycles. The molecule has 0 amide bonds. The van der Waals surface area contributed by atoms with Gasteiger partial charge in [0.2, 0.25) is 0 Å². The van der Waals surface area contributed by atoms with E-state index in [-0.39, 0.29) is 15.7 Å². The van der Waals surface area contributed by atoms with Crippen LogP contribution in [0.4, 0.5) is 11.4 Å². The first kappa shape index (κ1) is 19.7. The van der Waals surface area contributed by atoms with Crippen molar-refractivity contribution in [2.75, 3.05) is 9.44 Å². The predicted molar refractivity (Wildman–Crippen MR) is 115 cm³/mol. The summed E-state index contributed by atoms with van der Waals surface area (Å²) in [6.07, 6.45) is 0. The largest absolute Gasteiger partial charge is 0.585 e. The van der Waals surface area contributed by atoms with Gasteiger partial charge in [-0.2, -0.15) is 4.72 Å². The highest BCUT2D eigenvalue weighted by Gasteiger charge is 2.21.